The largest absolute Gasteiger partial charge is 0.465 e. The minimum Gasteiger partial charge on any atom is -0.465 e. The van der Waals surface area contributed by atoms with Crippen molar-refractivity contribution in [2.24, 2.45) is 11.8 Å². The van der Waals surface area contributed by atoms with Gasteiger partial charge < -0.3 is 45.1 Å². The number of anilines is 1. The van der Waals surface area contributed by atoms with Crippen LogP contribution < -0.4 is 15.5 Å². The third-order valence-electron chi connectivity index (χ3n) is 13.3. The molecule has 0 aliphatic carbocycles. The number of nitrogens with zero attached hydrogens (tertiary/aromatic N) is 6. The number of ether oxygens (including phenoxy) is 1. The number of halogens is 1. The molecule has 3 aliphatic heterocycles. The molecule has 6 atom stereocenters. The van der Waals surface area contributed by atoms with Crippen LogP contribution in [0.4, 0.5) is 19.0 Å². The van der Waals surface area contributed by atoms with E-state index in [-0.39, 0.29) is 53.6 Å². The first-order valence-corrected chi connectivity index (χ1v) is 23.5. The molecule has 3 fully saturated rings. The van der Waals surface area contributed by atoms with Crippen molar-refractivity contribution in [3.63, 3.8) is 0 Å². The van der Waals surface area contributed by atoms with E-state index in [2.05, 4.69) is 49.8 Å². The Balaban J connectivity index is 1.02. The average Bonchev–Trinajstić information content (AvgIpc) is 4.16. The average molecular weight is 919 g/mol. The fourth-order valence-corrected chi connectivity index (χ4v) is 11.1. The Morgan fingerprint density at radius 1 is 0.742 bits per heavy atom. The number of H-pyrrole nitrogens is 2. The van der Waals surface area contributed by atoms with Crippen molar-refractivity contribution in [2.75, 3.05) is 25.1 Å². The van der Waals surface area contributed by atoms with Gasteiger partial charge in [0.15, 0.2) is 0 Å². The Kier molecular flexibility index (Phi) is 12.4. The SMILES string of the molecule is COC(=O)N[C@H](C(=O)N1CCC[C@H]1c1nc2ccc(C3CC[C@H](c4ccc5nc([C@@H]6CCCN6C(=O)[C@@H](NC(=O)O)C(C)C)[nH]c5c4)N3c3cnc(-c4ccc(F)cc4)s3)cc2[nH]1)C(C)C. The van der Waals surface area contributed by atoms with Gasteiger partial charge >= 0.3 is 12.2 Å². The molecular formula is C48H55FN10O6S. The monoisotopic (exact) mass is 918 g/mol. The van der Waals surface area contributed by atoms with E-state index in [0.29, 0.717) is 31.2 Å². The normalized spacial score (nSPS) is 20.8. The fraction of sp³-hybridized carbons (Fsp3) is 0.438. The molecule has 346 valence electrons. The fourth-order valence-electron chi connectivity index (χ4n) is 10.0. The molecule has 9 rings (SSSR count). The third kappa shape index (κ3) is 8.65. The van der Waals surface area contributed by atoms with Crippen LogP contribution in [0.2, 0.25) is 0 Å². The number of aromatic amines is 2. The minimum absolute atomic E-state index is 0.0483. The maximum absolute atomic E-state index is 13.9. The molecule has 0 spiro atoms. The number of nitrogens with one attached hydrogen (secondary N) is 4. The van der Waals surface area contributed by atoms with Crippen molar-refractivity contribution >= 4 is 62.4 Å². The molecular weight excluding hydrogens is 864 g/mol. The van der Waals surface area contributed by atoms with Gasteiger partial charge in [-0.3, -0.25) is 9.59 Å². The Morgan fingerprint density at radius 3 is 1.74 bits per heavy atom. The van der Waals surface area contributed by atoms with Gasteiger partial charge in [0.1, 0.15) is 39.6 Å². The molecule has 3 saturated heterocycles. The number of likely N-dealkylation sites (tertiary alicyclic amines) is 2. The molecule has 66 heavy (non-hydrogen) atoms. The summed E-state index contributed by atoms with van der Waals surface area (Å²) >= 11 is 1.56. The van der Waals surface area contributed by atoms with Crippen LogP contribution in [0.3, 0.4) is 0 Å². The van der Waals surface area contributed by atoms with Crippen molar-refractivity contribution < 1.29 is 33.4 Å². The molecule has 1 unspecified atom stereocenters. The Bertz CT molecular complexity index is 2770. The number of aromatic nitrogens is 5. The van der Waals surface area contributed by atoms with E-state index in [9.17, 15) is 28.7 Å². The molecule has 0 saturated carbocycles. The zero-order chi connectivity index (χ0) is 46.4. The molecule has 3 aromatic heterocycles. The number of methoxy groups -OCH3 is 1. The predicted molar refractivity (Wildman–Crippen MR) is 248 cm³/mol. The van der Waals surface area contributed by atoms with Crippen LogP contribution >= 0.6 is 11.3 Å². The van der Waals surface area contributed by atoms with E-state index >= 15 is 0 Å². The van der Waals surface area contributed by atoms with Gasteiger partial charge in [-0.15, -0.1) is 0 Å². The number of carbonyl (C=O) groups excluding carboxylic acids is 3. The summed E-state index contributed by atoms with van der Waals surface area (Å²) in [6, 6.07) is 16.7. The summed E-state index contributed by atoms with van der Waals surface area (Å²) < 4.78 is 18.8. The van der Waals surface area contributed by atoms with Crippen LogP contribution in [0.25, 0.3) is 32.6 Å². The van der Waals surface area contributed by atoms with Crippen LogP contribution in [-0.4, -0.2) is 96.1 Å². The molecule has 6 heterocycles. The number of amides is 4. The topological polar surface area (TPSA) is 202 Å². The quantitative estimate of drug-likeness (QED) is 0.0790. The number of fused-ring (bicyclic) bond motifs is 2. The van der Waals surface area contributed by atoms with E-state index < -0.39 is 24.3 Å². The summed E-state index contributed by atoms with van der Waals surface area (Å²) in [4.78, 5) is 79.2. The number of alkyl carbamates (subject to hydrolysis) is 1. The second kappa shape index (κ2) is 18.4. The number of rotatable bonds is 12. The van der Waals surface area contributed by atoms with Gasteiger partial charge in [0.2, 0.25) is 11.8 Å². The number of imidazole rings is 2. The first-order valence-electron chi connectivity index (χ1n) is 22.7. The van der Waals surface area contributed by atoms with E-state index in [1.165, 1.54) is 19.2 Å². The predicted octanol–water partition coefficient (Wildman–Crippen LogP) is 8.78. The maximum Gasteiger partial charge on any atom is 0.407 e. The molecule has 16 nitrogen and oxygen atoms in total. The van der Waals surface area contributed by atoms with Gasteiger partial charge in [0.05, 0.1) is 59.5 Å². The van der Waals surface area contributed by atoms with Gasteiger partial charge in [-0.05, 0) is 110 Å². The molecule has 6 aromatic rings. The van der Waals surface area contributed by atoms with Gasteiger partial charge in [-0.1, -0.05) is 51.2 Å². The summed E-state index contributed by atoms with van der Waals surface area (Å²) in [6.45, 7) is 8.53. The lowest BCUT2D eigenvalue weighted by atomic mass is 10.0. The second-order valence-electron chi connectivity index (χ2n) is 18.2. The van der Waals surface area contributed by atoms with Crippen molar-refractivity contribution in [1.29, 1.82) is 0 Å². The summed E-state index contributed by atoms with van der Waals surface area (Å²) in [5.74, 6) is 0.280. The number of hydrogen-bond donors (Lipinski definition) is 5. The highest BCUT2D eigenvalue weighted by Crippen LogP contribution is 2.50. The molecule has 0 bridgehead atoms. The van der Waals surface area contributed by atoms with Crippen molar-refractivity contribution in [3.8, 4) is 10.6 Å². The van der Waals surface area contributed by atoms with E-state index in [4.69, 9.17) is 19.7 Å². The lowest BCUT2D eigenvalue weighted by Crippen LogP contribution is -2.51. The lowest BCUT2D eigenvalue weighted by molar-refractivity contribution is -0.136. The van der Waals surface area contributed by atoms with E-state index in [1.54, 1.807) is 28.4 Å². The van der Waals surface area contributed by atoms with Gasteiger partial charge in [0.25, 0.3) is 0 Å². The van der Waals surface area contributed by atoms with Crippen LogP contribution in [0, 0.1) is 17.7 Å². The molecule has 0 radical (unpaired) electrons. The van der Waals surface area contributed by atoms with Gasteiger partial charge in [-0.2, -0.15) is 0 Å². The zero-order valence-corrected chi connectivity index (χ0v) is 38.4. The van der Waals surface area contributed by atoms with Crippen molar-refractivity contribution in [1.82, 2.24) is 45.4 Å². The first-order chi connectivity index (χ1) is 31.8. The number of carbonyl (C=O) groups is 4. The standard InChI is InChI=1S/C48H55FN10O6S/c1-25(2)40(55-47(62)63)45(60)57-20-6-8-37(57)42-51-31-16-12-28(22-33(31)53-42)35-18-19-36(59(35)39-24-50-44(66-39)27-10-14-30(49)15-11-27)29-13-17-32-34(23-29)54-43(52-32)38-9-7-21-58(38)46(61)41(26(3)4)56-48(64)65-5/h10-17,22-26,35-38,40-41,55H,6-9,18-21H2,1-5H3,(H,51,53)(H,52,54)(H,56,64)(H,62,63)/t35-,36?,37+,38+,40+,41+/m1/s1. The Morgan fingerprint density at radius 2 is 1.26 bits per heavy atom. The van der Waals surface area contributed by atoms with Gasteiger partial charge in [0, 0.05) is 18.7 Å². The molecule has 18 heteroatoms. The summed E-state index contributed by atoms with van der Waals surface area (Å²) in [5.41, 5.74) is 6.27. The summed E-state index contributed by atoms with van der Waals surface area (Å²) in [6.07, 6.45) is 4.73. The number of benzene rings is 3. The molecule has 3 aliphatic rings. The number of hydrogen-bond acceptors (Lipinski definition) is 10. The number of carboxylic acid groups (broad SMARTS) is 1. The smallest absolute Gasteiger partial charge is 0.407 e. The minimum atomic E-state index is -1.23. The summed E-state index contributed by atoms with van der Waals surface area (Å²) in [5, 5.41) is 16.3. The van der Waals surface area contributed by atoms with Gasteiger partial charge in [-0.25, -0.2) is 28.9 Å². The molecule has 5 N–H and O–H groups in total. The number of thiazole rings is 1. The van der Waals surface area contributed by atoms with Crippen LogP contribution in [0.1, 0.15) is 113 Å². The van der Waals surface area contributed by atoms with Crippen LogP contribution in [-0.2, 0) is 14.3 Å². The Labute approximate surface area is 385 Å². The van der Waals surface area contributed by atoms with Crippen molar-refractivity contribution in [2.45, 2.75) is 102 Å². The second-order valence-corrected chi connectivity index (χ2v) is 19.2. The highest BCUT2D eigenvalue weighted by atomic mass is 32.1. The highest BCUT2D eigenvalue weighted by Gasteiger charge is 2.41. The van der Waals surface area contributed by atoms with Crippen LogP contribution in [0.15, 0.2) is 66.9 Å². The Hall–Kier alpha value is -6.56. The van der Waals surface area contributed by atoms with E-state index in [1.807, 2.05) is 50.9 Å². The zero-order valence-electron chi connectivity index (χ0n) is 37.6. The summed E-state index contributed by atoms with van der Waals surface area (Å²) in [7, 11) is 1.29. The van der Waals surface area contributed by atoms with E-state index in [0.717, 1.165) is 80.9 Å². The van der Waals surface area contributed by atoms with Crippen LogP contribution in [0.5, 0.6) is 0 Å². The molecule has 4 amide bonds. The highest BCUT2D eigenvalue weighted by molar-refractivity contribution is 7.18. The van der Waals surface area contributed by atoms with Crippen molar-refractivity contribution in [3.05, 3.63) is 95.5 Å². The third-order valence-corrected chi connectivity index (χ3v) is 14.4. The lowest BCUT2D eigenvalue weighted by Gasteiger charge is -2.31. The molecule has 3 aromatic carbocycles. The first kappa shape index (κ1) is 44.6. The maximum atomic E-state index is 13.9.